The van der Waals surface area contributed by atoms with E-state index in [2.05, 4.69) is 14.8 Å². The SMILES string of the molecule is CCOC(=O)C(=CNCCC(=O)O)C(=O)OCC. The van der Waals surface area contributed by atoms with Crippen molar-refractivity contribution in [1.29, 1.82) is 0 Å². The second kappa shape index (κ2) is 9.03. The Morgan fingerprint density at radius 3 is 2.00 bits per heavy atom. The standard InChI is InChI=1S/C11H17NO6/c1-3-17-10(15)8(11(16)18-4-2)7-12-6-5-9(13)14/h7,12H,3-6H2,1-2H3,(H,13,14). The minimum atomic E-state index is -0.982. The summed E-state index contributed by atoms with van der Waals surface area (Å²) >= 11 is 0. The molecule has 7 heteroatoms. The summed E-state index contributed by atoms with van der Waals surface area (Å²) in [6, 6.07) is 0. The maximum atomic E-state index is 11.4. The Balaban J connectivity index is 4.54. The van der Waals surface area contributed by atoms with Gasteiger partial charge < -0.3 is 19.9 Å². The molecule has 0 radical (unpaired) electrons. The van der Waals surface area contributed by atoms with Crippen molar-refractivity contribution >= 4 is 17.9 Å². The molecule has 0 aromatic rings. The van der Waals surface area contributed by atoms with E-state index in [0.717, 1.165) is 6.20 Å². The van der Waals surface area contributed by atoms with Crippen LogP contribution in [0.2, 0.25) is 0 Å². The number of esters is 2. The summed E-state index contributed by atoms with van der Waals surface area (Å²) in [5.74, 6) is -2.60. The maximum Gasteiger partial charge on any atom is 0.347 e. The number of carboxylic acids is 1. The van der Waals surface area contributed by atoms with Gasteiger partial charge in [-0.05, 0) is 13.8 Å². The fraction of sp³-hybridized carbons (Fsp3) is 0.545. The average molecular weight is 259 g/mol. The van der Waals surface area contributed by atoms with Crippen LogP contribution in [0.25, 0.3) is 0 Å². The molecule has 0 aliphatic rings. The van der Waals surface area contributed by atoms with E-state index >= 15 is 0 Å². The monoisotopic (exact) mass is 259 g/mol. The Morgan fingerprint density at radius 2 is 1.61 bits per heavy atom. The van der Waals surface area contributed by atoms with Gasteiger partial charge in [0.05, 0.1) is 19.6 Å². The fourth-order valence-electron chi connectivity index (χ4n) is 0.972. The maximum absolute atomic E-state index is 11.4. The van der Waals surface area contributed by atoms with Gasteiger partial charge in [0.15, 0.2) is 5.57 Å². The van der Waals surface area contributed by atoms with Crippen LogP contribution in [0.15, 0.2) is 11.8 Å². The van der Waals surface area contributed by atoms with Crippen molar-refractivity contribution in [2.24, 2.45) is 0 Å². The quantitative estimate of drug-likeness (QED) is 0.209. The van der Waals surface area contributed by atoms with Crippen LogP contribution in [-0.2, 0) is 23.9 Å². The molecule has 0 atom stereocenters. The largest absolute Gasteiger partial charge is 0.481 e. The molecule has 0 aliphatic heterocycles. The zero-order valence-electron chi connectivity index (χ0n) is 10.4. The number of carbonyl (C=O) groups excluding carboxylic acids is 2. The third-order valence-corrected chi connectivity index (χ3v) is 1.72. The molecule has 7 nitrogen and oxygen atoms in total. The number of ether oxygens (including phenoxy) is 2. The average Bonchev–Trinajstić information content (AvgIpc) is 2.28. The highest BCUT2D eigenvalue weighted by Gasteiger charge is 2.20. The van der Waals surface area contributed by atoms with E-state index in [1.807, 2.05) is 0 Å². The Bertz CT molecular complexity index is 316. The summed E-state index contributed by atoms with van der Waals surface area (Å²) in [4.78, 5) is 33.2. The third kappa shape index (κ3) is 6.51. The van der Waals surface area contributed by atoms with Crippen LogP contribution in [0.4, 0.5) is 0 Å². The van der Waals surface area contributed by atoms with Gasteiger partial charge in [-0.15, -0.1) is 0 Å². The van der Waals surface area contributed by atoms with Crippen molar-refractivity contribution in [3.8, 4) is 0 Å². The first kappa shape index (κ1) is 16.0. The van der Waals surface area contributed by atoms with E-state index < -0.39 is 17.9 Å². The van der Waals surface area contributed by atoms with Gasteiger partial charge in [-0.3, -0.25) is 4.79 Å². The highest BCUT2D eigenvalue weighted by Crippen LogP contribution is 2.01. The van der Waals surface area contributed by atoms with Gasteiger partial charge in [-0.25, -0.2) is 9.59 Å². The lowest BCUT2D eigenvalue weighted by Gasteiger charge is -2.07. The second-order valence-corrected chi connectivity index (χ2v) is 3.10. The molecule has 0 saturated carbocycles. The van der Waals surface area contributed by atoms with Gasteiger partial charge in [-0.1, -0.05) is 0 Å². The predicted molar refractivity (Wildman–Crippen MR) is 61.6 cm³/mol. The van der Waals surface area contributed by atoms with E-state index in [0.29, 0.717) is 0 Å². The van der Waals surface area contributed by atoms with Crippen LogP contribution >= 0.6 is 0 Å². The first-order valence-corrected chi connectivity index (χ1v) is 5.52. The number of nitrogens with one attached hydrogen (secondary N) is 1. The van der Waals surface area contributed by atoms with Crippen LogP contribution in [0.5, 0.6) is 0 Å². The van der Waals surface area contributed by atoms with E-state index in [1.54, 1.807) is 13.8 Å². The highest BCUT2D eigenvalue weighted by molar-refractivity contribution is 6.13. The van der Waals surface area contributed by atoms with Gasteiger partial charge in [-0.2, -0.15) is 0 Å². The fourth-order valence-corrected chi connectivity index (χ4v) is 0.972. The molecule has 0 bridgehead atoms. The van der Waals surface area contributed by atoms with Gasteiger partial charge >= 0.3 is 17.9 Å². The molecule has 0 heterocycles. The van der Waals surface area contributed by atoms with Crippen LogP contribution in [0, 0.1) is 0 Å². The first-order valence-electron chi connectivity index (χ1n) is 5.52. The number of carbonyl (C=O) groups is 3. The van der Waals surface area contributed by atoms with Crippen molar-refractivity contribution in [2.75, 3.05) is 19.8 Å². The van der Waals surface area contributed by atoms with Crippen molar-refractivity contribution in [2.45, 2.75) is 20.3 Å². The van der Waals surface area contributed by atoms with Gasteiger partial charge in [0.25, 0.3) is 0 Å². The third-order valence-electron chi connectivity index (χ3n) is 1.72. The summed E-state index contributed by atoms with van der Waals surface area (Å²) in [6.07, 6.45) is 0.981. The van der Waals surface area contributed by atoms with Gasteiger partial charge in [0, 0.05) is 12.7 Å². The molecular weight excluding hydrogens is 242 g/mol. The molecule has 0 fully saturated rings. The van der Waals surface area contributed by atoms with Crippen LogP contribution < -0.4 is 5.32 Å². The normalized spacial score (nSPS) is 9.22. The summed E-state index contributed by atoms with van der Waals surface area (Å²) in [6.45, 7) is 3.57. The Morgan fingerprint density at radius 1 is 1.11 bits per heavy atom. The molecule has 18 heavy (non-hydrogen) atoms. The molecule has 0 aromatic heterocycles. The number of hydrogen-bond donors (Lipinski definition) is 2. The number of carboxylic acid groups (broad SMARTS) is 1. The van der Waals surface area contributed by atoms with Crippen LogP contribution in [0.3, 0.4) is 0 Å². The minimum absolute atomic E-state index is 0.0949. The Hall–Kier alpha value is -2.05. The Kier molecular flexibility index (Phi) is 8.00. The molecule has 0 spiro atoms. The lowest BCUT2D eigenvalue weighted by molar-refractivity contribution is -0.146. The molecule has 0 rings (SSSR count). The molecule has 0 aromatic carbocycles. The number of aliphatic carboxylic acids is 1. The van der Waals surface area contributed by atoms with E-state index in [1.165, 1.54) is 0 Å². The predicted octanol–water partition coefficient (Wildman–Crippen LogP) is 0.0608. The van der Waals surface area contributed by atoms with E-state index in [4.69, 9.17) is 5.11 Å². The molecule has 102 valence electrons. The molecule has 0 aliphatic carbocycles. The molecule has 0 unspecified atom stereocenters. The second-order valence-electron chi connectivity index (χ2n) is 3.10. The lowest BCUT2D eigenvalue weighted by atomic mass is 10.3. The smallest absolute Gasteiger partial charge is 0.347 e. The topological polar surface area (TPSA) is 102 Å². The first-order chi connectivity index (χ1) is 8.52. The zero-order valence-corrected chi connectivity index (χ0v) is 10.4. The van der Waals surface area contributed by atoms with E-state index in [-0.39, 0.29) is 31.8 Å². The van der Waals surface area contributed by atoms with Crippen molar-refractivity contribution in [3.63, 3.8) is 0 Å². The lowest BCUT2D eigenvalue weighted by Crippen LogP contribution is -2.22. The van der Waals surface area contributed by atoms with Crippen molar-refractivity contribution in [1.82, 2.24) is 5.32 Å². The van der Waals surface area contributed by atoms with Crippen molar-refractivity contribution in [3.05, 3.63) is 11.8 Å². The van der Waals surface area contributed by atoms with Crippen LogP contribution in [0.1, 0.15) is 20.3 Å². The van der Waals surface area contributed by atoms with Gasteiger partial charge in [0.1, 0.15) is 0 Å². The summed E-state index contributed by atoms with van der Waals surface area (Å²) in [5.41, 5.74) is -0.288. The summed E-state index contributed by atoms with van der Waals surface area (Å²) in [7, 11) is 0. The summed E-state index contributed by atoms with van der Waals surface area (Å²) in [5, 5.41) is 11.0. The Labute approximate surface area is 105 Å². The molecule has 0 amide bonds. The molecule has 2 N–H and O–H groups in total. The zero-order chi connectivity index (χ0) is 14.0. The highest BCUT2D eigenvalue weighted by atomic mass is 16.6. The van der Waals surface area contributed by atoms with Gasteiger partial charge in [0.2, 0.25) is 0 Å². The van der Waals surface area contributed by atoms with Crippen LogP contribution in [-0.4, -0.2) is 42.8 Å². The minimum Gasteiger partial charge on any atom is -0.481 e. The number of hydrogen-bond acceptors (Lipinski definition) is 6. The van der Waals surface area contributed by atoms with E-state index in [9.17, 15) is 14.4 Å². The summed E-state index contributed by atoms with van der Waals surface area (Å²) < 4.78 is 9.37. The molecular formula is C11H17NO6. The number of rotatable bonds is 8. The molecule has 0 saturated heterocycles. The van der Waals surface area contributed by atoms with Crippen molar-refractivity contribution < 1.29 is 29.0 Å².